The Hall–Kier alpha value is -0.160. The van der Waals surface area contributed by atoms with Gasteiger partial charge in [-0.25, -0.2) is 0 Å². The van der Waals surface area contributed by atoms with Crippen molar-refractivity contribution >= 4 is 0 Å². The summed E-state index contributed by atoms with van der Waals surface area (Å²) in [6.45, 7) is 4.45. The Kier molecular flexibility index (Phi) is 9.49. The van der Waals surface area contributed by atoms with Crippen LogP contribution in [-0.4, -0.2) is 46.3 Å². The van der Waals surface area contributed by atoms with Gasteiger partial charge in [0.25, 0.3) is 0 Å². The average molecular weight is 302 g/mol. The van der Waals surface area contributed by atoms with E-state index in [9.17, 15) is 15.3 Å². The second-order valence-electron chi connectivity index (χ2n) is 6.42. The van der Waals surface area contributed by atoms with E-state index in [0.717, 1.165) is 19.3 Å². The fraction of sp³-hybridized carbons (Fsp3) is 1.00. The summed E-state index contributed by atoms with van der Waals surface area (Å²) >= 11 is 0. The molecule has 0 amide bonds. The van der Waals surface area contributed by atoms with Gasteiger partial charge in [0, 0.05) is 0 Å². The zero-order chi connectivity index (χ0) is 15.7. The first-order valence-corrected chi connectivity index (χ1v) is 8.77. The van der Waals surface area contributed by atoms with Crippen LogP contribution in [0.15, 0.2) is 0 Å². The molecule has 1 aliphatic rings. The summed E-state index contributed by atoms with van der Waals surface area (Å²) in [7, 11) is 0. The quantitative estimate of drug-likeness (QED) is 0.543. The fourth-order valence-electron chi connectivity index (χ4n) is 3.21. The van der Waals surface area contributed by atoms with E-state index < -0.39 is 18.3 Å². The largest absolute Gasteiger partial charge is 0.388 e. The zero-order valence-corrected chi connectivity index (χ0v) is 13.7. The van der Waals surface area contributed by atoms with E-state index in [1.807, 2.05) is 0 Å². The molecule has 21 heavy (non-hydrogen) atoms. The van der Waals surface area contributed by atoms with Crippen molar-refractivity contribution in [3.8, 4) is 0 Å². The molecule has 0 aromatic carbocycles. The molecule has 4 nitrogen and oxygen atoms in total. The molecule has 1 fully saturated rings. The maximum atomic E-state index is 10.1. The highest BCUT2D eigenvalue weighted by molar-refractivity contribution is 4.89. The highest BCUT2D eigenvalue weighted by Gasteiger charge is 2.40. The summed E-state index contributed by atoms with van der Waals surface area (Å²) in [6, 6.07) is 0. The van der Waals surface area contributed by atoms with Crippen LogP contribution in [0.1, 0.15) is 71.6 Å². The molecule has 1 rings (SSSR count). The summed E-state index contributed by atoms with van der Waals surface area (Å²) < 4.78 is 5.58. The number of aliphatic hydroxyl groups is 3. The van der Waals surface area contributed by atoms with Gasteiger partial charge in [0.15, 0.2) is 0 Å². The molecule has 1 aliphatic heterocycles. The third kappa shape index (κ3) is 6.23. The standard InChI is InChI=1S/C17H34O4/c1-3-5-6-7-8-9-10-11-13(4-2)17-16(20)15(19)14(18)12-21-17/h13-20H,3-12H2,1-2H3/t13?,14-,15+,16-,17+/m1/s1. The molecular weight excluding hydrogens is 268 g/mol. The molecule has 1 unspecified atom stereocenters. The van der Waals surface area contributed by atoms with Gasteiger partial charge in [-0.05, 0) is 12.3 Å². The summed E-state index contributed by atoms with van der Waals surface area (Å²) in [4.78, 5) is 0. The summed E-state index contributed by atoms with van der Waals surface area (Å²) in [5.74, 6) is 0.262. The van der Waals surface area contributed by atoms with Gasteiger partial charge in [-0.2, -0.15) is 0 Å². The van der Waals surface area contributed by atoms with Gasteiger partial charge in [-0.15, -0.1) is 0 Å². The summed E-state index contributed by atoms with van der Waals surface area (Å²) in [5, 5.41) is 29.3. The molecule has 3 N–H and O–H groups in total. The topological polar surface area (TPSA) is 69.9 Å². The highest BCUT2D eigenvalue weighted by atomic mass is 16.5. The predicted molar refractivity (Wildman–Crippen MR) is 84.2 cm³/mol. The molecule has 1 heterocycles. The average Bonchev–Trinajstić information content (AvgIpc) is 2.49. The van der Waals surface area contributed by atoms with Crippen molar-refractivity contribution in [2.45, 2.75) is 96.1 Å². The molecule has 1 saturated heterocycles. The van der Waals surface area contributed by atoms with Gasteiger partial charge in [-0.1, -0.05) is 65.2 Å². The Morgan fingerprint density at radius 3 is 2.14 bits per heavy atom. The number of rotatable bonds is 10. The predicted octanol–water partition coefficient (Wildman–Crippen LogP) is 2.63. The van der Waals surface area contributed by atoms with Gasteiger partial charge in [0.2, 0.25) is 0 Å². The van der Waals surface area contributed by atoms with Crippen LogP contribution in [-0.2, 0) is 4.74 Å². The Morgan fingerprint density at radius 2 is 1.52 bits per heavy atom. The smallest absolute Gasteiger partial charge is 0.111 e. The van der Waals surface area contributed by atoms with E-state index in [0.29, 0.717) is 0 Å². The van der Waals surface area contributed by atoms with Crippen LogP contribution >= 0.6 is 0 Å². The minimum absolute atomic E-state index is 0.121. The van der Waals surface area contributed by atoms with E-state index in [2.05, 4.69) is 13.8 Å². The minimum Gasteiger partial charge on any atom is -0.388 e. The zero-order valence-electron chi connectivity index (χ0n) is 13.7. The van der Waals surface area contributed by atoms with Crippen LogP contribution in [0, 0.1) is 5.92 Å². The molecule has 0 aromatic heterocycles. The third-order valence-corrected chi connectivity index (χ3v) is 4.71. The normalized spacial score (nSPS) is 31.3. The highest BCUT2D eigenvalue weighted by Crippen LogP contribution is 2.28. The van der Waals surface area contributed by atoms with Crippen LogP contribution in [0.3, 0.4) is 0 Å². The van der Waals surface area contributed by atoms with E-state index in [4.69, 9.17) is 4.74 Å². The van der Waals surface area contributed by atoms with Gasteiger partial charge in [0.05, 0.1) is 12.7 Å². The third-order valence-electron chi connectivity index (χ3n) is 4.71. The first-order valence-electron chi connectivity index (χ1n) is 8.77. The Balaban J connectivity index is 2.24. The lowest BCUT2D eigenvalue weighted by molar-refractivity contribution is -0.201. The van der Waals surface area contributed by atoms with Crippen molar-refractivity contribution < 1.29 is 20.1 Å². The SMILES string of the molecule is CCCCCCCCCC(CC)[C@@H]1OC[C@@H](O)[C@H](O)[C@H]1O. The van der Waals surface area contributed by atoms with Crippen LogP contribution < -0.4 is 0 Å². The maximum Gasteiger partial charge on any atom is 0.111 e. The molecule has 0 bridgehead atoms. The Morgan fingerprint density at radius 1 is 0.905 bits per heavy atom. The van der Waals surface area contributed by atoms with Gasteiger partial charge in [0.1, 0.15) is 18.3 Å². The second kappa shape index (κ2) is 10.5. The van der Waals surface area contributed by atoms with E-state index in [-0.39, 0.29) is 18.6 Å². The van der Waals surface area contributed by atoms with Gasteiger partial charge >= 0.3 is 0 Å². The molecule has 4 heteroatoms. The monoisotopic (exact) mass is 302 g/mol. The lowest BCUT2D eigenvalue weighted by Crippen LogP contribution is -2.55. The summed E-state index contributed by atoms with van der Waals surface area (Å²) in [6.07, 6.45) is 7.53. The molecule has 0 radical (unpaired) electrons. The number of ether oxygens (including phenoxy) is 1. The number of unbranched alkanes of at least 4 members (excludes halogenated alkanes) is 6. The molecular formula is C17H34O4. The maximum absolute atomic E-state index is 10.1. The van der Waals surface area contributed by atoms with Crippen molar-refractivity contribution in [2.24, 2.45) is 5.92 Å². The number of hydrogen-bond acceptors (Lipinski definition) is 4. The molecule has 126 valence electrons. The van der Waals surface area contributed by atoms with Crippen LogP contribution in [0.25, 0.3) is 0 Å². The van der Waals surface area contributed by atoms with Crippen LogP contribution in [0.5, 0.6) is 0 Å². The lowest BCUT2D eigenvalue weighted by atomic mass is 9.85. The first-order chi connectivity index (χ1) is 10.1. The van der Waals surface area contributed by atoms with E-state index in [1.54, 1.807) is 0 Å². The molecule has 0 spiro atoms. The molecule has 0 aliphatic carbocycles. The Labute approximate surface area is 129 Å². The van der Waals surface area contributed by atoms with Crippen molar-refractivity contribution in [3.05, 3.63) is 0 Å². The number of aliphatic hydroxyl groups excluding tert-OH is 3. The van der Waals surface area contributed by atoms with E-state index in [1.165, 1.54) is 38.5 Å². The van der Waals surface area contributed by atoms with E-state index >= 15 is 0 Å². The molecule has 0 aromatic rings. The molecule has 5 atom stereocenters. The minimum atomic E-state index is -1.08. The van der Waals surface area contributed by atoms with Crippen molar-refractivity contribution in [1.29, 1.82) is 0 Å². The van der Waals surface area contributed by atoms with Gasteiger partial charge < -0.3 is 20.1 Å². The van der Waals surface area contributed by atoms with Crippen molar-refractivity contribution in [2.75, 3.05) is 6.61 Å². The second-order valence-corrected chi connectivity index (χ2v) is 6.42. The van der Waals surface area contributed by atoms with Crippen LogP contribution in [0.2, 0.25) is 0 Å². The summed E-state index contributed by atoms with van der Waals surface area (Å²) in [5.41, 5.74) is 0. The fourth-order valence-corrected chi connectivity index (χ4v) is 3.21. The first kappa shape index (κ1) is 18.9. The van der Waals surface area contributed by atoms with Crippen molar-refractivity contribution in [3.63, 3.8) is 0 Å². The van der Waals surface area contributed by atoms with Gasteiger partial charge in [-0.3, -0.25) is 0 Å². The molecule has 0 saturated carbocycles. The van der Waals surface area contributed by atoms with Crippen molar-refractivity contribution in [1.82, 2.24) is 0 Å². The van der Waals surface area contributed by atoms with Crippen LogP contribution in [0.4, 0.5) is 0 Å². The number of hydrogen-bond donors (Lipinski definition) is 3. The Bertz CT molecular complexity index is 259. The lowest BCUT2D eigenvalue weighted by Gasteiger charge is -2.39.